The van der Waals surface area contributed by atoms with Gasteiger partial charge in [-0.05, 0) is 37.3 Å². The zero-order valence-electron chi connectivity index (χ0n) is 13.3. The molecule has 0 unspecified atom stereocenters. The minimum absolute atomic E-state index is 0.328. The van der Waals surface area contributed by atoms with Gasteiger partial charge < -0.3 is 10.1 Å². The molecular formula is C16H19FN4O2S. The lowest BCUT2D eigenvalue weighted by atomic mass is 10.2. The number of nitrogens with zero attached hydrogens (tertiary/aromatic N) is 2. The Morgan fingerprint density at radius 1 is 1.50 bits per heavy atom. The van der Waals surface area contributed by atoms with Crippen molar-refractivity contribution in [2.45, 2.75) is 19.8 Å². The molecule has 0 aliphatic heterocycles. The van der Waals surface area contributed by atoms with E-state index >= 15 is 0 Å². The number of hydrogen-bond donors (Lipinski definition) is 2. The van der Waals surface area contributed by atoms with E-state index in [1.54, 1.807) is 6.07 Å². The number of ether oxygens (including phenoxy) is 1. The van der Waals surface area contributed by atoms with Gasteiger partial charge in [-0.1, -0.05) is 11.3 Å². The molecule has 3 rings (SSSR count). The van der Waals surface area contributed by atoms with E-state index < -0.39 is 5.95 Å². The molecule has 8 heteroatoms. The number of rotatable bonds is 7. The third-order valence-corrected chi connectivity index (χ3v) is 4.71. The van der Waals surface area contributed by atoms with Gasteiger partial charge in [-0.2, -0.15) is 4.39 Å². The number of carbonyl (C=O) groups excluding carboxylic acids is 1. The summed E-state index contributed by atoms with van der Waals surface area (Å²) in [4.78, 5) is 20.5. The normalized spacial score (nSPS) is 13.8. The minimum atomic E-state index is -0.543. The largest absolute Gasteiger partial charge is 0.379 e. The number of thiazole rings is 1. The number of aromatic nitrogens is 2. The van der Waals surface area contributed by atoms with Crippen LogP contribution in [0.25, 0.3) is 10.4 Å². The van der Waals surface area contributed by atoms with Crippen LogP contribution in [0.3, 0.4) is 0 Å². The molecule has 6 nitrogen and oxygen atoms in total. The second-order valence-corrected chi connectivity index (χ2v) is 6.70. The van der Waals surface area contributed by atoms with E-state index in [9.17, 15) is 9.18 Å². The number of aryl methyl sites for hydroxylation is 1. The Morgan fingerprint density at radius 2 is 2.33 bits per heavy atom. The van der Waals surface area contributed by atoms with Crippen LogP contribution in [0.1, 0.15) is 18.5 Å². The van der Waals surface area contributed by atoms with E-state index in [0.717, 1.165) is 17.2 Å². The van der Waals surface area contributed by atoms with Crippen molar-refractivity contribution in [3.8, 4) is 10.4 Å². The van der Waals surface area contributed by atoms with Crippen LogP contribution in [0.5, 0.6) is 0 Å². The molecule has 2 aromatic rings. The highest BCUT2D eigenvalue weighted by Crippen LogP contribution is 2.32. The first kappa shape index (κ1) is 16.8. The first-order chi connectivity index (χ1) is 11.6. The Morgan fingerprint density at radius 3 is 3.08 bits per heavy atom. The lowest BCUT2D eigenvalue weighted by molar-refractivity contribution is 0.127. The Bertz CT molecular complexity index is 718. The summed E-state index contributed by atoms with van der Waals surface area (Å²) >= 11 is 1.30. The molecule has 1 aliphatic carbocycles. The number of hydrogen-bond acceptors (Lipinski definition) is 5. The average molecular weight is 350 g/mol. The highest BCUT2D eigenvalue weighted by atomic mass is 32.1. The fraction of sp³-hybridized carbons (Fsp3) is 0.438. The van der Waals surface area contributed by atoms with Gasteiger partial charge in [0.15, 0.2) is 5.13 Å². The van der Waals surface area contributed by atoms with Crippen molar-refractivity contribution in [1.29, 1.82) is 0 Å². The molecule has 0 atom stereocenters. The molecule has 0 bridgehead atoms. The van der Waals surface area contributed by atoms with Crippen molar-refractivity contribution in [2.24, 2.45) is 5.92 Å². The monoisotopic (exact) mass is 350 g/mol. The Balaban J connectivity index is 1.49. The van der Waals surface area contributed by atoms with Crippen molar-refractivity contribution in [2.75, 3.05) is 25.1 Å². The number of halogens is 1. The highest BCUT2D eigenvalue weighted by Gasteiger charge is 2.20. The number of carbonyl (C=O) groups is 1. The third-order valence-electron chi connectivity index (χ3n) is 3.59. The summed E-state index contributed by atoms with van der Waals surface area (Å²) in [6.07, 6.45) is 3.91. The molecule has 0 saturated heterocycles. The molecule has 24 heavy (non-hydrogen) atoms. The lowest BCUT2D eigenvalue weighted by Crippen LogP contribution is -2.31. The molecule has 2 amide bonds. The van der Waals surface area contributed by atoms with Crippen LogP contribution in [-0.4, -0.2) is 35.8 Å². The maximum absolute atomic E-state index is 13.2. The molecule has 1 aliphatic rings. The molecule has 2 aromatic heterocycles. The number of pyridine rings is 1. The van der Waals surface area contributed by atoms with Crippen LogP contribution in [0, 0.1) is 18.8 Å². The molecule has 0 spiro atoms. The summed E-state index contributed by atoms with van der Waals surface area (Å²) in [5.41, 5.74) is 1.42. The summed E-state index contributed by atoms with van der Waals surface area (Å²) in [6, 6.07) is 2.73. The quantitative estimate of drug-likeness (QED) is 0.594. The van der Waals surface area contributed by atoms with Crippen molar-refractivity contribution < 1.29 is 13.9 Å². The van der Waals surface area contributed by atoms with Gasteiger partial charge in [0.2, 0.25) is 5.95 Å². The maximum Gasteiger partial charge on any atom is 0.321 e. The van der Waals surface area contributed by atoms with E-state index in [2.05, 4.69) is 20.6 Å². The number of nitrogens with one attached hydrogen (secondary N) is 2. The van der Waals surface area contributed by atoms with Crippen molar-refractivity contribution in [1.82, 2.24) is 15.3 Å². The summed E-state index contributed by atoms with van der Waals surface area (Å²) in [5, 5.41) is 5.89. The number of anilines is 1. The fourth-order valence-corrected chi connectivity index (χ4v) is 3.13. The van der Waals surface area contributed by atoms with Crippen LogP contribution in [0.4, 0.5) is 14.3 Å². The van der Waals surface area contributed by atoms with Gasteiger partial charge in [-0.15, -0.1) is 0 Å². The van der Waals surface area contributed by atoms with Crippen LogP contribution >= 0.6 is 11.3 Å². The minimum Gasteiger partial charge on any atom is -0.379 e. The van der Waals surface area contributed by atoms with Crippen LogP contribution in [0.2, 0.25) is 0 Å². The predicted molar refractivity (Wildman–Crippen MR) is 90.6 cm³/mol. The molecule has 128 valence electrons. The third kappa shape index (κ3) is 4.72. The summed E-state index contributed by atoms with van der Waals surface area (Å²) in [6.45, 7) is 3.55. The smallest absolute Gasteiger partial charge is 0.321 e. The molecule has 2 N–H and O–H groups in total. The molecule has 0 radical (unpaired) electrons. The van der Waals surface area contributed by atoms with Crippen LogP contribution in [-0.2, 0) is 4.74 Å². The zero-order chi connectivity index (χ0) is 16.9. The van der Waals surface area contributed by atoms with Gasteiger partial charge in [-0.3, -0.25) is 5.32 Å². The Labute approximate surface area is 143 Å². The fourth-order valence-electron chi connectivity index (χ4n) is 2.17. The van der Waals surface area contributed by atoms with Gasteiger partial charge in [0, 0.05) is 25.4 Å². The second kappa shape index (κ2) is 7.67. The van der Waals surface area contributed by atoms with E-state index in [4.69, 9.17) is 4.74 Å². The summed E-state index contributed by atoms with van der Waals surface area (Å²) < 4.78 is 18.7. The van der Waals surface area contributed by atoms with E-state index in [-0.39, 0.29) is 6.03 Å². The molecule has 1 fully saturated rings. The van der Waals surface area contributed by atoms with Gasteiger partial charge >= 0.3 is 6.03 Å². The standard InChI is InChI=1S/C16H19FN4O2S/c1-10-14(12-4-5-18-13(17)8-12)24-16(20-10)21-15(22)19-6-7-23-9-11-2-3-11/h4-5,8,11H,2-3,6-7,9H2,1H3,(H2,19,20,21,22). The van der Waals surface area contributed by atoms with Crippen LogP contribution < -0.4 is 10.6 Å². The SMILES string of the molecule is Cc1nc(NC(=O)NCCOCC2CC2)sc1-c1ccnc(F)c1. The highest BCUT2D eigenvalue weighted by molar-refractivity contribution is 7.19. The Kier molecular flexibility index (Phi) is 5.37. The first-order valence-electron chi connectivity index (χ1n) is 7.84. The molecule has 0 aromatic carbocycles. The Hall–Kier alpha value is -2.06. The molecule has 1 saturated carbocycles. The number of amides is 2. The van der Waals surface area contributed by atoms with Crippen molar-refractivity contribution >= 4 is 22.5 Å². The van der Waals surface area contributed by atoms with Gasteiger partial charge in [0.25, 0.3) is 0 Å². The van der Waals surface area contributed by atoms with Crippen molar-refractivity contribution in [3.05, 3.63) is 30.0 Å². The first-order valence-corrected chi connectivity index (χ1v) is 8.65. The van der Waals surface area contributed by atoms with E-state index in [1.165, 1.54) is 36.4 Å². The maximum atomic E-state index is 13.2. The zero-order valence-corrected chi connectivity index (χ0v) is 14.2. The van der Waals surface area contributed by atoms with Gasteiger partial charge in [0.05, 0.1) is 17.2 Å². The van der Waals surface area contributed by atoms with Gasteiger partial charge in [-0.25, -0.2) is 14.8 Å². The summed E-state index contributed by atoms with van der Waals surface area (Å²) in [7, 11) is 0. The van der Waals surface area contributed by atoms with Gasteiger partial charge in [0.1, 0.15) is 0 Å². The molecular weight excluding hydrogens is 331 g/mol. The van der Waals surface area contributed by atoms with E-state index in [1.807, 2.05) is 6.92 Å². The lowest BCUT2D eigenvalue weighted by Gasteiger charge is -2.06. The predicted octanol–water partition coefficient (Wildman–Crippen LogP) is 3.20. The average Bonchev–Trinajstić information content (AvgIpc) is 3.29. The summed E-state index contributed by atoms with van der Waals surface area (Å²) in [5.74, 6) is 0.173. The van der Waals surface area contributed by atoms with Crippen molar-refractivity contribution in [3.63, 3.8) is 0 Å². The van der Waals surface area contributed by atoms with Crippen LogP contribution in [0.15, 0.2) is 18.3 Å². The molecule has 2 heterocycles. The number of urea groups is 1. The second-order valence-electron chi connectivity index (χ2n) is 5.70. The topological polar surface area (TPSA) is 76.1 Å². The van der Waals surface area contributed by atoms with E-state index in [0.29, 0.717) is 29.8 Å².